The van der Waals surface area contributed by atoms with Gasteiger partial charge in [-0.3, -0.25) is 4.68 Å². The van der Waals surface area contributed by atoms with Crippen molar-refractivity contribution in [2.24, 2.45) is 7.05 Å². The molecule has 1 heterocycles. The number of hydrogen-bond donors (Lipinski definition) is 1. The second kappa shape index (κ2) is 6.42. The van der Waals surface area contributed by atoms with Gasteiger partial charge in [-0.1, -0.05) is 31.5 Å². The van der Waals surface area contributed by atoms with Gasteiger partial charge in [-0.2, -0.15) is 5.10 Å². The van der Waals surface area contributed by atoms with Crippen LogP contribution in [0.25, 0.3) is 11.1 Å². The molecule has 0 aliphatic heterocycles. The first-order valence-corrected chi connectivity index (χ1v) is 7.48. The lowest BCUT2D eigenvalue weighted by Crippen LogP contribution is -2.07. The van der Waals surface area contributed by atoms with Gasteiger partial charge in [0.1, 0.15) is 0 Å². The highest BCUT2D eigenvalue weighted by atomic mass is 35.5. The molecule has 0 bridgehead atoms. The fraction of sp³-hybridized carbons (Fsp3) is 0.438. The van der Waals surface area contributed by atoms with Crippen LogP contribution in [0.3, 0.4) is 0 Å². The van der Waals surface area contributed by atoms with Gasteiger partial charge in [0.05, 0.1) is 5.69 Å². The Kier molecular flexibility index (Phi) is 4.84. The lowest BCUT2D eigenvalue weighted by Gasteiger charge is -2.12. The van der Waals surface area contributed by atoms with E-state index >= 15 is 0 Å². The molecule has 3 nitrogen and oxygen atoms in total. The predicted octanol–water partition coefficient (Wildman–Crippen LogP) is 3.58. The molecule has 2 rings (SSSR count). The van der Waals surface area contributed by atoms with Crippen LogP contribution in [0.15, 0.2) is 18.2 Å². The Hall–Kier alpha value is -1.32. The fourth-order valence-electron chi connectivity index (χ4n) is 2.71. The summed E-state index contributed by atoms with van der Waals surface area (Å²) < 4.78 is 2.00. The van der Waals surface area contributed by atoms with Crippen LogP contribution in [0, 0.1) is 0 Å². The predicted molar refractivity (Wildman–Crippen MR) is 85.2 cm³/mol. The number of hydrogen-bond acceptors (Lipinski definition) is 2. The summed E-state index contributed by atoms with van der Waals surface area (Å²) in [5.74, 6) is 0. The molecule has 2 aromatic rings. The van der Waals surface area contributed by atoms with Crippen LogP contribution in [0.1, 0.15) is 30.8 Å². The minimum absolute atomic E-state index is 0.771. The third kappa shape index (κ3) is 2.74. The number of benzene rings is 1. The molecular formula is C16H22ClN3. The van der Waals surface area contributed by atoms with Crippen LogP contribution in [-0.2, 0) is 26.4 Å². The number of rotatable bonds is 5. The minimum Gasteiger partial charge on any atom is -0.316 e. The molecule has 0 aliphatic rings. The van der Waals surface area contributed by atoms with Gasteiger partial charge in [-0.05, 0) is 43.1 Å². The summed E-state index contributed by atoms with van der Waals surface area (Å²) in [5, 5.41) is 8.66. The van der Waals surface area contributed by atoms with Gasteiger partial charge in [0.2, 0.25) is 0 Å². The third-order valence-corrected chi connectivity index (χ3v) is 3.85. The molecule has 0 saturated heterocycles. The minimum atomic E-state index is 0.771. The molecule has 1 N–H and O–H groups in total. The number of aryl methyl sites for hydroxylation is 2. The highest BCUT2D eigenvalue weighted by Crippen LogP contribution is 2.33. The number of aromatic nitrogens is 2. The van der Waals surface area contributed by atoms with E-state index in [4.69, 9.17) is 11.6 Å². The van der Waals surface area contributed by atoms with E-state index in [9.17, 15) is 0 Å². The molecule has 1 aromatic heterocycles. The highest BCUT2D eigenvalue weighted by molar-refractivity contribution is 6.30. The molecule has 0 spiro atoms. The second-order valence-electron chi connectivity index (χ2n) is 4.93. The first-order valence-electron chi connectivity index (χ1n) is 7.10. The zero-order chi connectivity index (χ0) is 14.7. The number of halogens is 1. The highest BCUT2D eigenvalue weighted by Gasteiger charge is 2.18. The quantitative estimate of drug-likeness (QED) is 0.912. The molecule has 4 heteroatoms. The zero-order valence-corrected chi connectivity index (χ0v) is 13.4. The molecule has 1 aromatic carbocycles. The van der Waals surface area contributed by atoms with E-state index in [1.54, 1.807) is 0 Å². The smallest absolute Gasteiger partial charge is 0.0703 e. The van der Waals surface area contributed by atoms with Crippen LogP contribution in [0.2, 0.25) is 5.02 Å². The Balaban J connectivity index is 2.69. The Morgan fingerprint density at radius 1 is 1.25 bits per heavy atom. The fourth-order valence-corrected chi connectivity index (χ4v) is 2.88. The van der Waals surface area contributed by atoms with Crippen molar-refractivity contribution in [3.8, 4) is 11.1 Å². The van der Waals surface area contributed by atoms with E-state index in [1.807, 2.05) is 24.8 Å². The van der Waals surface area contributed by atoms with Crippen molar-refractivity contribution in [1.82, 2.24) is 15.1 Å². The van der Waals surface area contributed by atoms with Crippen LogP contribution in [-0.4, -0.2) is 16.8 Å². The number of nitrogens with zero attached hydrogens (tertiary/aromatic N) is 2. The summed E-state index contributed by atoms with van der Waals surface area (Å²) in [6.07, 6.45) is 1.89. The van der Waals surface area contributed by atoms with Crippen LogP contribution < -0.4 is 5.32 Å². The summed E-state index contributed by atoms with van der Waals surface area (Å²) >= 11 is 6.22. The van der Waals surface area contributed by atoms with Crippen molar-refractivity contribution in [3.63, 3.8) is 0 Å². The summed E-state index contributed by atoms with van der Waals surface area (Å²) in [5.41, 5.74) is 6.12. The molecule has 0 radical (unpaired) electrons. The number of nitrogens with one attached hydrogen (secondary N) is 1. The van der Waals surface area contributed by atoms with Gasteiger partial charge < -0.3 is 5.32 Å². The van der Waals surface area contributed by atoms with Gasteiger partial charge in [0.25, 0.3) is 0 Å². The third-order valence-electron chi connectivity index (χ3n) is 3.62. The second-order valence-corrected chi connectivity index (χ2v) is 5.37. The van der Waals surface area contributed by atoms with E-state index in [-0.39, 0.29) is 0 Å². The Morgan fingerprint density at radius 3 is 2.60 bits per heavy atom. The van der Waals surface area contributed by atoms with Crippen molar-refractivity contribution < 1.29 is 0 Å². The lowest BCUT2D eigenvalue weighted by molar-refractivity contribution is 0.705. The SMILES string of the molecule is CCc1nn(C)c(CC)c1-c1cc(Cl)ccc1CNC. The summed E-state index contributed by atoms with van der Waals surface area (Å²) in [7, 11) is 3.98. The molecule has 20 heavy (non-hydrogen) atoms. The average molecular weight is 292 g/mol. The molecule has 108 valence electrons. The van der Waals surface area contributed by atoms with E-state index in [0.29, 0.717) is 0 Å². The maximum atomic E-state index is 6.22. The van der Waals surface area contributed by atoms with E-state index in [0.717, 1.165) is 30.1 Å². The molecule has 0 saturated carbocycles. The lowest BCUT2D eigenvalue weighted by atomic mass is 9.95. The summed E-state index contributed by atoms with van der Waals surface area (Å²) in [4.78, 5) is 0. The maximum absolute atomic E-state index is 6.22. The van der Waals surface area contributed by atoms with Crippen molar-refractivity contribution in [2.75, 3.05) is 7.05 Å². The first kappa shape index (κ1) is 15.1. The first-order chi connectivity index (χ1) is 9.62. The monoisotopic (exact) mass is 291 g/mol. The van der Waals surface area contributed by atoms with Gasteiger partial charge in [-0.15, -0.1) is 0 Å². The maximum Gasteiger partial charge on any atom is 0.0703 e. The van der Waals surface area contributed by atoms with Gasteiger partial charge >= 0.3 is 0 Å². The van der Waals surface area contributed by atoms with Crippen molar-refractivity contribution >= 4 is 11.6 Å². The van der Waals surface area contributed by atoms with E-state index < -0.39 is 0 Å². The Bertz CT molecular complexity index is 602. The van der Waals surface area contributed by atoms with Crippen LogP contribution in [0.4, 0.5) is 0 Å². The summed E-state index contributed by atoms with van der Waals surface area (Å²) in [6.45, 7) is 5.14. The summed E-state index contributed by atoms with van der Waals surface area (Å²) in [6, 6.07) is 6.11. The molecule has 0 aliphatic carbocycles. The van der Waals surface area contributed by atoms with Gasteiger partial charge in [0.15, 0.2) is 0 Å². The average Bonchev–Trinajstić information content (AvgIpc) is 2.76. The molecule has 0 unspecified atom stereocenters. The van der Waals surface area contributed by atoms with E-state index in [2.05, 4.69) is 36.4 Å². The normalized spacial score (nSPS) is 11.1. The van der Waals surface area contributed by atoms with Crippen LogP contribution in [0.5, 0.6) is 0 Å². The molecule has 0 atom stereocenters. The largest absolute Gasteiger partial charge is 0.316 e. The molecule has 0 amide bonds. The standard InChI is InChI=1S/C16H22ClN3/c1-5-14-16(15(6-2)20(4)19-14)13-9-12(17)8-7-11(13)10-18-3/h7-9,18H,5-6,10H2,1-4H3. The van der Waals surface area contributed by atoms with Crippen molar-refractivity contribution in [3.05, 3.63) is 40.2 Å². The van der Waals surface area contributed by atoms with Crippen molar-refractivity contribution in [1.29, 1.82) is 0 Å². The topological polar surface area (TPSA) is 29.9 Å². The Morgan fingerprint density at radius 2 is 2.00 bits per heavy atom. The van der Waals surface area contributed by atoms with Crippen LogP contribution >= 0.6 is 11.6 Å². The van der Waals surface area contributed by atoms with E-state index in [1.165, 1.54) is 22.4 Å². The zero-order valence-electron chi connectivity index (χ0n) is 12.6. The van der Waals surface area contributed by atoms with Gasteiger partial charge in [-0.25, -0.2) is 0 Å². The molecular weight excluding hydrogens is 270 g/mol. The molecule has 0 fully saturated rings. The Labute approximate surface area is 126 Å². The van der Waals surface area contributed by atoms with Crippen molar-refractivity contribution in [2.45, 2.75) is 33.2 Å². The van der Waals surface area contributed by atoms with Gasteiger partial charge in [0, 0.05) is 29.9 Å².